The van der Waals surface area contributed by atoms with E-state index in [0.29, 0.717) is 6.42 Å². The zero-order chi connectivity index (χ0) is 14.6. The van der Waals surface area contributed by atoms with Gasteiger partial charge in [0.15, 0.2) is 5.79 Å². The van der Waals surface area contributed by atoms with Crippen LogP contribution in [0.15, 0.2) is 12.2 Å². The van der Waals surface area contributed by atoms with E-state index in [2.05, 4.69) is 5.92 Å². The molecule has 0 aliphatic carbocycles. The maximum atomic E-state index is 9.98. The second-order valence-electron chi connectivity index (χ2n) is 6.04. The van der Waals surface area contributed by atoms with Crippen LogP contribution in [0.3, 0.4) is 0 Å². The first-order valence-electron chi connectivity index (χ1n) is 6.93. The molecule has 0 spiro atoms. The van der Waals surface area contributed by atoms with Gasteiger partial charge in [-0.3, -0.25) is 0 Å². The maximum Gasteiger partial charge on any atom is 0.165 e. The molecule has 0 aromatic rings. The summed E-state index contributed by atoms with van der Waals surface area (Å²) in [5, 5.41) is 9.98. The molecule has 108 valence electrons. The topological polar surface area (TPSA) is 38.7 Å². The minimum absolute atomic E-state index is 0.0633. The second-order valence-corrected chi connectivity index (χ2v) is 6.04. The molecule has 3 heteroatoms. The fourth-order valence-corrected chi connectivity index (χ4v) is 2.28. The largest absolute Gasteiger partial charge is 0.392 e. The zero-order valence-electron chi connectivity index (χ0n) is 12.6. The SMILES string of the molecule is C#C[C@@H]1C[C@H](/C=C/[C@H](C)[C@@H](O)C(C)C)OC(C)(C)O1. The van der Waals surface area contributed by atoms with Crippen LogP contribution in [0.1, 0.15) is 41.0 Å². The van der Waals surface area contributed by atoms with Crippen LogP contribution in [-0.4, -0.2) is 29.2 Å². The number of aliphatic hydroxyl groups excluding tert-OH is 1. The fraction of sp³-hybridized carbons (Fsp3) is 0.750. The molecule has 0 aromatic heterocycles. The van der Waals surface area contributed by atoms with Gasteiger partial charge in [-0.15, -0.1) is 6.42 Å². The van der Waals surface area contributed by atoms with Crippen LogP contribution in [0.2, 0.25) is 0 Å². The van der Waals surface area contributed by atoms with E-state index < -0.39 is 5.79 Å². The number of hydrogen-bond acceptors (Lipinski definition) is 3. The molecule has 1 N–H and O–H groups in total. The average molecular weight is 266 g/mol. The molecular formula is C16H26O3. The molecule has 0 bridgehead atoms. The number of ether oxygens (including phenoxy) is 2. The van der Waals surface area contributed by atoms with Crippen molar-refractivity contribution in [3.63, 3.8) is 0 Å². The van der Waals surface area contributed by atoms with Crippen LogP contribution >= 0.6 is 0 Å². The Morgan fingerprint density at radius 2 is 1.95 bits per heavy atom. The summed E-state index contributed by atoms with van der Waals surface area (Å²) in [5.41, 5.74) is 0. The van der Waals surface area contributed by atoms with Crippen LogP contribution in [0.5, 0.6) is 0 Å². The van der Waals surface area contributed by atoms with E-state index in [9.17, 15) is 5.11 Å². The first-order valence-corrected chi connectivity index (χ1v) is 6.93. The normalized spacial score (nSPS) is 30.2. The van der Waals surface area contributed by atoms with Crippen molar-refractivity contribution in [2.75, 3.05) is 0 Å². The summed E-state index contributed by atoms with van der Waals surface area (Å²) in [5.74, 6) is 2.31. The van der Waals surface area contributed by atoms with Gasteiger partial charge in [-0.05, 0) is 19.8 Å². The first kappa shape index (κ1) is 16.2. The molecule has 4 atom stereocenters. The Labute approximate surface area is 117 Å². The van der Waals surface area contributed by atoms with Gasteiger partial charge >= 0.3 is 0 Å². The smallest absolute Gasteiger partial charge is 0.165 e. The molecule has 0 amide bonds. The molecule has 1 rings (SSSR count). The summed E-state index contributed by atoms with van der Waals surface area (Å²) in [6.07, 6.45) is 9.46. The van der Waals surface area contributed by atoms with Gasteiger partial charge in [0.05, 0.1) is 12.2 Å². The van der Waals surface area contributed by atoms with Gasteiger partial charge in [-0.2, -0.15) is 0 Å². The highest BCUT2D eigenvalue weighted by molar-refractivity contribution is 5.04. The summed E-state index contributed by atoms with van der Waals surface area (Å²) < 4.78 is 11.4. The Morgan fingerprint density at radius 1 is 1.32 bits per heavy atom. The number of rotatable bonds is 4. The van der Waals surface area contributed by atoms with Crippen LogP contribution < -0.4 is 0 Å². The molecule has 1 aliphatic heterocycles. The van der Waals surface area contributed by atoms with Crippen LogP contribution in [0.25, 0.3) is 0 Å². The summed E-state index contributed by atoms with van der Waals surface area (Å²) in [7, 11) is 0. The standard InChI is InChI=1S/C16H26O3/c1-7-13-10-14(19-16(5,6)18-13)9-8-12(4)15(17)11(2)3/h1,8-9,11-15,17H,10H2,2-6H3/b9-8+/t12-,13+,14-,15-/m0/s1. The lowest BCUT2D eigenvalue weighted by molar-refractivity contribution is -0.278. The van der Waals surface area contributed by atoms with E-state index in [4.69, 9.17) is 15.9 Å². The average Bonchev–Trinajstić information content (AvgIpc) is 2.32. The molecule has 1 aliphatic rings. The minimum atomic E-state index is -0.663. The fourth-order valence-electron chi connectivity index (χ4n) is 2.28. The predicted molar refractivity (Wildman–Crippen MR) is 76.4 cm³/mol. The van der Waals surface area contributed by atoms with Gasteiger partial charge in [0.2, 0.25) is 0 Å². The van der Waals surface area contributed by atoms with Crippen molar-refractivity contribution in [1.82, 2.24) is 0 Å². The van der Waals surface area contributed by atoms with Gasteiger partial charge in [0, 0.05) is 12.3 Å². The first-order chi connectivity index (χ1) is 8.75. The van der Waals surface area contributed by atoms with Crippen LogP contribution in [0.4, 0.5) is 0 Å². The molecule has 0 saturated carbocycles. The molecule has 1 heterocycles. The van der Waals surface area contributed by atoms with Crippen molar-refractivity contribution in [3.05, 3.63) is 12.2 Å². The molecule has 0 aromatic carbocycles. The predicted octanol–water partition coefficient (Wildman–Crippen LogP) is 2.74. The Balaban J connectivity index is 2.63. The highest BCUT2D eigenvalue weighted by Crippen LogP contribution is 2.27. The monoisotopic (exact) mass is 266 g/mol. The lowest BCUT2D eigenvalue weighted by atomic mass is 9.94. The summed E-state index contributed by atoms with van der Waals surface area (Å²) in [6.45, 7) is 9.76. The lowest BCUT2D eigenvalue weighted by Crippen LogP contribution is -2.43. The van der Waals surface area contributed by atoms with Crippen molar-refractivity contribution >= 4 is 0 Å². The summed E-state index contributed by atoms with van der Waals surface area (Å²) in [6, 6.07) is 0. The molecule has 1 fully saturated rings. The van der Waals surface area contributed by atoms with E-state index in [1.807, 2.05) is 46.8 Å². The van der Waals surface area contributed by atoms with E-state index in [-0.39, 0.29) is 30.1 Å². The third-order valence-electron chi connectivity index (χ3n) is 3.34. The molecule has 1 saturated heterocycles. The van der Waals surface area contributed by atoms with Gasteiger partial charge in [-0.25, -0.2) is 0 Å². The van der Waals surface area contributed by atoms with Crippen LogP contribution in [-0.2, 0) is 9.47 Å². The highest BCUT2D eigenvalue weighted by atomic mass is 16.7. The lowest BCUT2D eigenvalue weighted by Gasteiger charge is -2.38. The zero-order valence-corrected chi connectivity index (χ0v) is 12.6. The van der Waals surface area contributed by atoms with E-state index in [0.717, 1.165) is 0 Å². The third kappa shape index (κ3) is 4.99. The summed E-state index contributed by atoms with van der Waals surface area (Å²) in [4.78, 5) is 0. The Bertz CT molecular complexity index is 351. The number of terminal acetylenes is 1. The Hall–Kier alpha value is -0.820. The molecule has 0 radical (unpaired) electrons. The van der Waals surface area contributed by atoms with Crippen LogP contribution in [0, 0.1) is 24.2 Å². The molecule has 3 nitrogen and oxygen atoms in total. The highest BCUT2D eigenvalue weighted by Gasteiger charge is 2.33. The summed E-state index contributed by atoms with van der Waals surface area (Å²) >= 11 is 0. The Morgan fingerprint density at radius 3 is 2.47 bits per heavy atom. The van der Waals surface area contributed by atoms with E-state index >= 15 is 0 Å². The second kappa shape index (κ2) is 6.56. The quantitative estimate of drug-likeness (QED) is 0.628. The number of hydrogen-bond donors (Lipinski definition) is 1. The Kier molecular flexibility index (Phi) is 5.61. The third-order valence-corrected chi connectivity index (χ3v) is 3.34. The van der Waals surface area contributed by atoms with Crippen molar-refractivity contribution < 1.29 is 14.6 Å². The molecular weight excluding hydrogens is 240 g/mol. The van der Waals surface area contributed by atoms with Gasteiger partial charge < -0.3 is 14.6 Å². The molecule has 19 heavy (non-hydrogen) atoms. The maximum absolute atomic E-state index is 9.98. The minimum Gasteiger partial charge on any atom is -0.392 e. The van der Waals surface area contributed by atoms with Gasteiger partial charge in [0.25, 0.3) is 0 Å². The van der Waals surface area contributed by atoms with Crippen molar-refractivity contribution in [3.8, 4) is 12.3 Å². The van der Waals surface area contributed by atoms with Gasteiger partial charge in [0.1, 0.15) is 6.10 Å². The molecule has 0 unspecified atom stereocenters. The van der Waals surface area contributed by atoms with Gasteiger partial charge in [-0.1, -0.05) is 38.8 Å². The van der Waals surface area contributed by atoms with Crippen molar-refractivity contribution in [1.29, 1.82) is 0 Å². The van der Waals surface area contributed by atoms with E-state index in [1.165, 1.54) is 0 Å². The van der Waals surface area contributed by atoms with Crippen molar-refractivity contribution in [2.45, 2.75) is 65.1 Å². The van der Waals surface area contributed by atoms with E-state index in [1.54, 1.807) is 0 Å². The van der Waals surface area contributed by atoms with Crippen molar-refractivity contribution in [2.24, 2.45) is 11.8 Å². The number of aliphatic hydroxyl groups is 1.